The number of aryl methyl sites for hydroxylation is 1. The Hall–Kier alpha value is -5.93. The summed E-state index contributed by atoms with van der Waals surface area (Å²) >= 11 is 0. The Labute approximate surface area is 369 Å². The van der Waals surface area contributed by atoms with Gasteiger partial charge >= 0.3 is 5.69 Å². The van der Waals surface area contributed by atoms with Crippen LogP contribution in [-0.4, -0.2) is 101 Å². The fourth-order valence-corrected chi connectivity index (χ4v) is 10.1. The molecule has 338 valence electrons. The molecule has 7 heterocycles. The predicted octanol–water partition coefficient (Wildman–Crippen LogP) is 5.64. The molecule has 9 rings (SSSR count). The van der Waals surface area contributed by atoms with Gasteiger partial charge < -0.3 is 19.9 Å². The number of imide groups is 1. The molecule has 16 nitrogen and oxygen atoms in total. The van der Waals surface area contributed by atoms with Crippen LogP contribution in [0, 0.1) is 23.7 Å². The van der Waals surface area contributed by atoms with Gasteiger partial charge in [0.05, 0.1) is 46.7 Å². The minimum absolute atomic E-state index is 0.00970. The number of benzene rings is 1. The molecule has 18 heteroatoms. The van der Waals surface area contributed by atoms with Crippen molar-refractivity contribution in [3.63, 3.8) is 0 Å². The molecule has 5 aromatic rings. The summed E-state index contributed by atoms with van der Waals surface area (Å²) in [5.74, 6) is 6.98. The van der Waals surface area contributed by atoms with Crippen molar-refractivity contribution in [1.82, 2.24) is 43.7 Å². The molecule has 0 radical (unpaired) electrons. The Kier molecular flexibility index (Phi) is 12.4. The Balaban J connectivity index is 0.771. The average molecular weight is 880 g/mol. The van der Waals surface area contributed by atoms with Gasteiger partial charge in [0.15, 0.2) is 11.3 Å². The number of fused-ring (bicyclic) bond motifs is 2. The number of aromatic nitrogens is 7. The number of carbonyl (C=O) groups excluding carboxylic acids is 3. The number of nitrogens with zero attached hydrogens (tertiary/aromatic N) is 9. The summed E-state index contributed by atoms with van der Waals surface area (Å²) in [7, 11) is 1.69. The lowest BCUT2D eigenvalue weighted by Gasteiger charge is -2.37. The first-order chi connectivity index (χ1) is 30.9. The minimum Gasteiger partial charge on any atom is -0.372 e. The van der Waals surface area contributed by atoms with Gasteiger partial charge in [0.25, 0.3) is 12.3 Å². The van der Waals surface area contributed by atoms with Crippen LogP contribution in [0.4, 0.5) is 20.3 Å². The van der Waals surface area contributed by atoms with Crippen LogP contribution in [0.3, 0.4) is 0 Å². The maximum Gasteiger partial charge on any atom is 0.329 e. The van der Waals surface area contributed by atoms with Gasteiger partial charge in [-0.05, 0) is 101 Å². The quantitative estimate of drug-likeness (QED) is 0.133. The molecule has 1 unspecified atom stereocenters. The molecule has 1 aromatic carbocycles. The van der Waals surface area contributed by atoms with Gasteiger partial charge in [0, 0.05) is 51.9 Å². The topological polar surface area (TPSA) is 166 Å². The monoisotopic (exact) mass is 879 g/mol. The zero-order valence-corrected chi connectivity index (χ0v) is 36.5. The normalized spacial score (nSPS) is 23.7. The van der Waals surface area contributed by atoms with Crippen molar-refractivity contribution in [2.75, 3.05) is 42.9 Å². The van der Waals surface area contributed by atoms with E-state index >= 15 is 0 Å². The number of carbonyl (C=O) groups is 3. The number of para-hydroxylation sites is 1. The fourth-order valence-electron chi connectivity index (χ4n) is 10.1. The van der Waals surface area contributed by atoms with E-state index in [-0.39, 0.29) is 53.9 Å². The van der Waals surface area contributed by atoms with E-state index < -0.39 is 30.0 Å². The van der Waals surface area contributed by atoms with E-state index in [0.717, 1.165) is 76.6 Å². The number of hydrogen-bond acceptors (Lipinski definition) is 10. The smallest absolute Gasteiger partial charge is 0.329 e. The highest BCUT2D eigenvalue weighted by Gasteiger charge is 2.33. The predicted molar refractivity (Wildman–Crippen MR) is 235 cm³/mol. The standard InChI is InChI=1S/C46H55F2N11O5/c1-4-33-26-56(24-28(2)64-33)38-19-22-57-43(51-38)34(23-49-57)44(61)50-35-27-58(53-40(35)42(47)48)32-13-11-30(12-14-32)25-55-20-17-29(18-21-55)7-5-8-31-9-6-10-36-41(31)54(3)46(63)59(36)37-15-16-39(60)52-45(37)62/h6,9-10,19,22-23,27-30,32-33,37,42H,4,7,11-18,20-21,24-26H2,1-3H3,(H,50,61)(H,52,60,62)/t28-,30?,32?,33+,37?/m0/s1. The molecule has 3 aliphatic heterocycles. The van der Waals surface area contributed by atoms with Crippen molar-refractivity contribution in [3.8, 4) is 11.8 Å². The number of imidazole rings is 1. The van der Waals surface area contributed by atoms with E-state index in [1.165, 1.54) is 19.8 Å². The Morgan fingerprint density at radius 1 is 1.03 bits per heavy atom. The Morgan fingerprint density at radius 2 is 1.83 bits per heavy atom. The second-order valence-electron chi connectivity index (χ2n) is 17.9. The molecule has 2 N–H and O–H groups in total. The molecule has 64 heavy (non-hydrogen) atoms. The molecule has 0 bridgehead atoms. The number of ether oxygens (including phenoxy) is 1. The molecule has 3 amide bonds. The number of rotatable bonds is 10. The number of likely N-dealkylation sites (tertiary alicyclic amines) is 1. The Morgan fingerprint density at radius 3 is 2.58 bits per heavy atom. The zero-order valence-electron chi connectivity index (χ0n) is 36.5. The summed E-state index contributed by atoms with van der Waals surface area (Å²) in [4.78, 5) is 60.7. The lowest BCUT2D eigenvalue weighted by molar-refractivity contribution is -0.135. The van der Waals surface area contributed by atoms with Crippen LogP contribution in [0.15, 0.2) is 47.7 Å². The Bertz CT molecular complexity index is 2680. The average Bonchev–Trinajstić information content (AvgIpc) is 3.98. The SMILES string of the molecule is CC[C@@H]1CN(c2ccn3ncc(C(=O)Nc4cn(C5CCC(CN6CCC(CC#Cc7cccc8c7n(C)c(=O)n8C7CCC(=O)NC7=O)CC6)CC5)nc4C(F)F)c3n2)C[C@H](C)O1. The second kappa shape index (κ2) is 18.3. The van der Waals surface area contributed by atoms with E-state index in [2.05, 4.69) is 49.4 Å². The first kappa shape index (κ1) is 43.3. The van der Waals surface area contributed by atoms with E-state index in [0.29, 0.717) is 47.4 Å². The molecular weight excluding hydrogens is 825 g/mol. The molecule has 3 atom stereocenters. The highest BCUT2D eigenvalue weighted by molar-refractivity contribution is 6.08. The minimum atomic E-state index is -2.87. The third-order valence-electron chi connectivity index (χ3n) is 13.6. The largest absolute Gasteiger partial charge is 0.372 e. The van der Waals surface area contributed by atoms with E-state index in [1.54, 1.807) is 24.1 Å². The molecule has 4 aromatic heterocycles. The summed E-state index contributed by atoms with van der Waals surface area (Å²) in [5.41, 5.74) is 1.79. The second-order valence-corrected chi connectivity index (χ2v) is 17.9. The highest BCUT2D eigenvalue weighted by atomic mass is 19.3. The van der Waals surface area contributed by atoms with Crippen LogP contribution >= 0.6 is 0 Å². The van der Waals surface area contributed by atoms with Crippen molar-refractivity contribution in [1.29, 1.82) is 0 Å². The van der Waals surface area contributed by atoms with Gasteiger partial charge in [0.1, 0.15) is 17.4 Å². The van der Waals surface area contributed by atoms with Crippen LogP contribution in [0.1, 0.15) is 118 Å². The van der Waals surface area contributed by atoms with Gasteiger partial charge in [-0.3, -0.25) is 33.5 Å². The third-order valence-corrected chi connectivity index (χ3v) is 13.6. The van der Waals surface area contributed by atoms with E-state index in [9.17, 15) is 28.0 Å². The van der Waals surface area contributed by atoms with Crippen molar-refractivity contribution in [2.45, 2.75) is 109 Å². The molecular formula is C46H55F2N11O5. The number of nitrogens with one attached hydrogen (secondary N) is 2. The number of alkyl halides is 2. The summed E-state index contributed by atoms with van der Waals surface area (Å²) < 4.78 is 40.9. The number of halogens is 2. The first-order valence-corrected chi connectivity index (χ1v) is 22.6. The highest BCUT2D eigenvalue weighted by Crippen LogP contribution is 2.36. The maximum atomic E-state index is 14.3. The van der Waals surface area contributed by atoms with Crippen LogP contribution in [0.5, 0.6) is 0 Å². The van der Waals surface area contributed by atoms with Gasteiger partial charge in [-0.1, -0.05) is 24.8 Å². The molecule has 4 fully saturated rings. The zero-order chi connectivity index (χ0) is 44.6. The van der Waals surface area contributed by atoms with E-state index in [1.807, 2.05) is 31.2 Å². The van der Waals surface area contributed by atoms with Gasteiger partial charge in [-0.25, -0.2) is 23.1 Å². The van der Waals surface area contributed by atoms with E-state index in [4.69, 9.17) is 9.72 Å². The van der Waals surface area contributed by atoms with Crippen LogP contribution in [-0.2, 0) is 21.4 Å². The maximum absolute atomic E-state index is 14.3. The molecule has 4 aliphatic rings. The number of anilines is 2. The number of hydrogen-bond donors (Lipinski definition) is 2. The summed E-state index contributed by atoms with van der Waals surface area (Å²) in [6, 6.07) is 6.63. The number of piperidine rings is 2. The molecule has 1 aliphatic carbocycles. The number of amides is 3. The summed E-state index contributed by atoms with van der Waals surface area (Å²) in [6.07, 6.45) is 9.62. The summed E-state index contributed by atoms with van der Waals surface area (Å²) in [5, 5.41) is 13.7. The lowest BCUT2D eigenvalue weighted by atomic mass is 9.85. The van der Waals surface area contributed by atoms with Crippen LogP contribution in [0.25, 0.3) is 16.7 Å². The third kappa shape index (κ3) is 8.79. The van der Waals surface area contributed by atoms with Crippen molar-refractivity contribution < 1.29 is 27.9 Å². The summed E-state index contributed by atoms with van der Waals surface area (Å²) in [6.45, 7) is 8.41. The first-order valence-electron chi connectivity index (χ1n) is 22.6. The fraction of sp³-hybridized carbons (Fsp3) is 0.543. The van der Waals surface area contributed by atoms with Crippen molar-refractivity contribution >= 4 is 45.9 Å². The van der Waals surface area contributed by atoms with Crippen molar-refractivity contribution in [2.24, 2.45) is 18.9 Å². The van der Waals surface area contributed by atoms with Crippen LogP contribution in [0.2, 0.25) is 0 Å². The molecule has 0 spiro atoms. The van der Waals surface area contributed by atoms with Crippen LogP contribution < -0.4 is 21.2 Å². The van der Waals surface area contributed by atoms with Gasteiger partial charge in [-0.15, -0.1) is 0 Å². The van der Waals surface area contributed by atoms with Gasteiger partial charge in [-0.2, -0.15) is 10.2 Å². The van der Waals surface area contributed by atoms with Crippen molar-refractivity contribution in [3.05, 3.63) is 70.2 Å². The number of morpholine rings is 1. The molecule has 1 saturated carbocycles. The molecule has 3 saturated heterocycles. The lowest BCUT2D eigenvalue weighted by Crippen LogP contribution is -2.46. The van der Waals surface area contributed by atoms with Gasteiger partial charge in [0.2, 0.25) is 11.8 Å².